The van der Waals surface area contributed by atoms with E-state index in [1.165, 1.54) is 7.11 Å². The summed E-state index contributed by atoms with van der Waals surface area (Å²) in [5.41, 5.74) is 12.4. The molecule has 0 saturated heterocycles. The number of benzene rings is 1. The van der Waals surface area contributed by atoms with Gasteiger partial charge in [-0.3, -0.25) is 4.90 Å². The summed E-state index contributed by atoms with van der Waals surface area (Å²) in [6.45, 7) is 0. The Kier molecular flexibility index (Phi) is 4.36. The van der Waals surface area contributed by atoms with Crippen LogP contribution in [0.3, 0.4) is 0 Å². The molecule has 1 heterocycles. The second kappa shape index (κ2) is 6.32. The van der Waals surface area contributed by atoms with Crippen molar-refractivity contribution in [2.75, 3.05) is 12.0 Å². The third-order valence-corrected chi connectivity index (χ3v) is 4.78. The van der Waals surface area contributed by atoms with Crippen LogP contribution in [0.15, 0.2) is 28.2 Å². The van der Waals surface area contributed by atoms with Crippen molar-refractivity contribution in [3.8, 4) is 0 Å². The topological polar surface area (TPSA) is 106 Å². The molecule has 128 valence electrons. The van der Waals surface area contributed by atoms with Gasteiger partial charge in [-0.1, -0.05) is 18.0 Å². The average molecular weight is 350 g/mol. The van der Waals surface area contributed by atoms with Gasteiger partial charge in [-0.15, -0.1) is 0 Å². The van der Waals surface area contributed by atoms with Crippen molar-refractivity contribution < 1.29 is 9.53 Å². The predicted octanol–water partition coefficient (Wildman–Crippen LogP) is 2.24. The fourth-order valence-corrected chi connectivity index (χ4v) is 3.60. The van der Waals surface area contributed by atoms with E-state index < -0.39 is 11.6 Å². The van der Waals surface area contributed by atoms with Gasteiger partial charge in [0.25, 0.3) is 0 Å². The van der Waals surface area contributed by atoms with Gasteiger partial charge in [-0.2, -0.15) is 4.99 Å². The highest BCUT2D eigenvalue weighted by Gasteiger charge is 2.43. The molecular weight excluding hydrogens is 330 g/mol. The minimum atomic E-state index is -0.605. The molecule has 0 bridgehead atoms. The maximum absolute atomic E-state index is 11.9. The number of aliphatic imine (C=N–C) groups is 2. The highest BCUT2D eigenvalue weighted by atomic mass is 35.5. The first-order valence-electron chi connectivity index (χ1n) is 7.84. The first-order chi connectivity index (χ1) is 11.5. The Bertz CT molecular complexity index is 725. The van der Waals surface area contributed by atoms with Gasteiger partial charge in [0.05, 0.1) is 23.4 Å². The maximum atomic E-state index is 11.9. The second-order valence-corrected chi connectivity index (χ2v) is 6.38. The first kappa shape index (κ1) is 16.6. The lowest BCUT2D eigenvalue weighted by Crippen LogP contribution is -2.58. The third-order valence-electron chi connectivity index (χ3n) is 4.46. The number of ether oxygens (including phenoxy) is 1. The molecule has 8 heteroatoms. The van der Waals surface area contributed by atoms with Gasteiger partial charge in [-0.25, -0.2) is 9.79 Å². The molecule has 3 rings (SSSR count). The molecule has 1 spiro atoms. The number of nitrogens with zero attached hydrogens (tertiary/aromatic N) is 3. The van der Waals surface area contributed by atoms with Crippen molar-refractivity contribution >= 4 is 35.2 Å². The molecule has 0 unspecified atom stereocenters. The molecular formula is C16H20ClN5O2. The Balaban J connectivity index is 2.12. The Morgan fingerprint density at radius 1 is 1.29 bits per heavy atom. The quantitative estimate of drug-likeness (QED) is 0.796. The molecule has 0 radical (unpaired) electrons. The Hall–Kier alpha value is -2.28. The van der Waals surface area contributed by atoms with Gasteiger partial charge in [0, 0.05) is 0 Å². The van der Waals surface area contributed by atoms with Crippen LogP contribution in [-0.2, 0) is 4.74 Å². The number of methoxy groups -OCH3 is 1. The zero-order valence-electron chi connectivity index (χ0n) is 13.5. The van der Waals surface area contributed by atoms with Crippen LogP contribution >= 0.6 is 11.6 Å². The number of halogens is 1. The SMILES string of the molecule is COC(=O)c1ccc(Cl)c(N2C(N)=NC(N)=NC23CCCCC3)c1. The molecule has 1 saturated carbocycles. The van der Waals surface area contributed by atoms with E-state index >= 15 is 0 Å². The molecule has 1 aromatic carbocycles. The number of esters is 1. The molecule has 1 fully saturated rings. The number of anilines is 1. The summed E-state index contributed by atoms with van der Waals surface area (Å²) < 4.78 is 4.79. The second-order valence-electron chi connectivity index (χ2n) is 5.98. The molecule has 1 aromatic rings. The van der Waals surface area contributed by atoms with Crippen LogP contribution in [0.2, 0.25) is 5.02 Å². The minimum absolute atomic E-state index is 0.172. The summed E-state index contributed by atoms with van der Waals surface area (Å²) in [4.78, 5) is 22.4. The van der Waals surface area contributed by atoms with Crippen molar-refractivity contribution in [2.24, 2.45) is 21.5 Å². The summed E-state index contributed by atoms with van der Waals surface area (Å²) in [6.07, 6.45) is 4.74. The van der Waals surface area contributed by atoms with Crippen molar-refractivity contribution in [2.45, 2.75) is 37.8 Å². The molecule has 0 atom stereocenters. The maximum Gasteiger partial charge on any atom is 0.337 e. The van der Waals surface area contributed by atoms with E-state index in [1.807, 2.05) is 0 Å². The molecule has 4 N–H and O–H groups in total. The summed E-state index contributed by atoms with van der Waals surface area (Å²) in [5, 5.41) is 0.460. The van der Waals surface area contributed by atoms with Crippen molar-refractivity contribution in [3.63, 3.8) is 0 Å². The van der Waals surface area contributed by atoms with Crippen LogP contribution in [-0.4, -0.2) is 30.7 Å². The van der Waals surface area contributed by atoms with Crippen LogP contribution in [0.25, 0.3) is 0 Å². The van der Waals surface area contributed by atoms with E-state index in [9.17, 15) is 4.79 Å². The van der Waals surface area contributed by atoms with Gasteiger partial charge in [0.15, 0.2) is 0 Å². The lowest BCUT2D eigenvalue weighted by molar-refractivity contribution is 0.0600. The Morgan fingerprint density at radius 3 is 2.67 bits per heavy atom. The zero-order valence-corrected chi connectivity index (χ0v) is 14.2. The number of hydrogen-bond donors (Lipinski definition) is 2. The number of hydrogen-bond acceptors (Lipinski definition) is 7. The minimum Gasteiger partial charge on any atom is -0.465 e. The largest absolute Gasteiger partial charge is 0.465 e. The highest BCUT2D eigenvalue weighted by Crippen LogP contribution is 2.42. The van der Waals surface area contributed by atoms with Gasteiger partial charge >= 0.3 is 5.97 Å². The fourth-order valence-electron chi connectivity index (χ4n) is 3.40. The van der Waals surface area contributed by atoms with Crippen LogP contribution in [0.1, 0.15) is 42.5 Å². The summed E-state index contributed by atoms with van der Waals surface area (Å²) in [5.74, 6) is -0.0413. The van der Waals surface area contributed by atoms with Crippen molar-refractivity contribution in [1.82, 2.24) is 0 Å². The molecule has 0 aromatic heterocycles. The smallest absolute Gasteiger partial charge is 0.337 e. The van der Waals surface area contributed by atoms with E-state index in [4.69, 9.17) is 27.8 Å². The highest BCUT2D eigenvalue weighted by molar-refractivity contribution is 6.34. The summed E-state index contributed by atoms with van der Waals surface area (Å²) in [6, 6.07) is 4.92. The lowest BCUT2D eigenvalue weighted by Gasteiger charge is -2.45. The number of rotatable bonds is 2. The number of carbonyl (C=O) groups excluding carboxylic acids is 1. The average Bonchev–Trinajstić information content (AvgIpc) is 2.55. The van der Waals surface area contributed by atoms with Crippen LogP contribution in [0, 0.1) is 0 Å². The monoisotopic (exact) mass is 349 g/mol. The number of nitrogens with two attached hydrogens (primary N) is 2. The molecule has 24 heavy (non-hydrogen) atoms. The standard InChI is InChI=1S/C16H20ClN5O2/c1-24-13(23)10-5-6-11(17)12(9-10)22-15(19)20-14(18)21-16(22)7-3-2-4-8-16/h5-6,9H,2-4,7-8H2,1H3,(H4,18,19,20,21). The zero-order chi connectivity index (χ0) is 17.3. The third kappa shape index (κ3) is 2.80. The van der Waals surface area contributed by atoms with Gasteiger partial charge < -0.3 is 16.2 Å². The summed E-state index contributed by atoms with van der Waals surface area (Å²) in [7, 11) is 1.33. The van der Waals surface area contributed by atoms with Crippen LogP contribution < -0.4 is 16.4 Å². The Morgan fingerprint density at radius 2 is 2.00 bits per heavy atom. The molecule has 0 amide bonds. The number of carbonyl (C=O) groups is 1. The van der Waals surface area contributed by atoms with Crippen molar-refractivity contribution in [1.29, 1.82) is 0 Å². The van der Waals surface area contributed by atoms with Gasteiger partial charge in [0.2, 0.25) is 11.9 Å². The van der Waals surface area contributed by atoms with E-state index in [-0.39, 0.29) is 11.9 Å². The van der Waals surface area contributed by atoms with Crippen LogP contribution in [0.4, 0.5) is 5.69 Å². The van der Waals surface area contributed by atoms with Gasteiger partial charge in [-0.05, 0) is 43.9 Å². The van der Waals surface area contributed by atoms with E-state index in [2.05, 4.69) is 9.98 Å². The predicted molar refractivity (Wildman–Crippen MR) is 94.3 cm³/mol. The van der Waals surface area contributed by atoms with E-state index in [0.29, 0.717) is 16.3 Å². The first-order valence-corrected chi connectivity index (χ1v) is 8.22. The molecule has 1 aliphatic heterocycles. The Labute approximate surface area is 145 Å². The van der Waals surface area contributed by atoms with E-state index in [0.717, 1.165) is 32.1 Å². The summed E-state index contributed by atoms with van der Waals surface area (Å²) >= 11 is 6.40. The van der Waals surface area contributed by atoms with Gasteiger partial charge in [0.1, 0.15) is 5.66 Å². The van der Waals surface area contributed by atoms with E-state index in [1.54, 1.807) is 23.1 Å². The fraction of sp³-hybridized carbons (Fsp3) is 0.438. The van der Waals surface area contributed by atoms with Crippen molar-refractivity contribution in [3.05, 3.63) is 28.8 Å². The molecule has 7 nitrogen and oxygen atoms in total. The lowest BCUT2D eigenvalue weighted by atomic mass is 9.87. The molecule has 2 aliphatic rings. The molecule has 1 aliphatic carbocycles. The normalized spacial score (nSPS) is 19.7. The van der Waals surface area contributed by atoms with Crippen LogP contribution in [0.5, 0.6) is 0 Å². The number of guanidine groups is 2.